The van der Waals surface area contributed by atoms with Gasteiger partial charge in [0.15, 0.2) is 0 Å². The molecule has 0 bridgehead atoms. The smallest absolute Gasteiger partial charge is 0.330 e. The number of anilines is 1. The molecule has 23 heavy (non-hydrogen) atoms. The lowest BCUT2D eigenvalue weighted by molar-refractivity contribution is -0.132. The van der Waals surface area contributed by atoms with Crippen LogP contribution in [0.3, 0.4) is 0 Å². The SMILES string of the molecule is C/C(=C\CCNC(=O)Nc1cccc2c(O)cccc12)C(=O)O. The van der Waals surface area contributed by atoms with E-state index >= 15 is 0 Å². The third kappa shape index (κ3) is 4.23. The van der Waals surface area contributed by atoms with E-state index in [1.165, 1.54) is 6.92 Å². The van der Waals surface area contributed by atoms with E-state index in [-0.39, 0.29) is 17.4 Å². The van der Waals surface area contributed by atoms with Crippen molar-refractivity contribution >= 4 is 28.5 Å². The van der Waals surface area contributed by atoms with Gasteiger partial charge in [0.1, 0.15) is 5.75 Å². The molecule has 0 aliphatic rings. The quantitative estimate of drug-likeness (QED) is 0.503. The first kappa shape index (κ1) is 16.4. The molecule has 2 amide bonds. The van der Waals surface area contributed by atoms with Gasteiger partial charge in [-0.25, -0.2) is 9.59 Å². The summed E-state index contributed by atoms with van der Waals surface area (Å²) in [7, 11) is 0. The zero-order valence-corrected chi connectivity index (χ0v) is 12.7. The van der Waals surface area contributed by atoms with E-state index in [9.17, 15) is 14.7 Å². The molecule has 0 fully saturated rings. The van der Waals surface area contributed by atoms with Crippen LogP contribution in [0.1, 0.15) is 13.3 Å². The molecule has 2 aromatic rings. The Kier molecular flexibility index (Phi) is 5.19. The fourth-order valence-corrected chi connectivity index (χ4v) is 2.13. The number of carbonyl (C=O) groups excluding carboxylic acids is 1. The lowest BCUT2D eigenvalue weighted by Gasteiger charge is -2.10. The van der Waals surface area contributed by atoms with Gasteiger partial charge in [-0.2, -0.15) is 0 Å². The van der Waals surface area contributed by atoms with Gasteiger partial charge in [0.05, 0.1) is 5.69 Å². The Morgan fingerprint density at radius 1 is 1.13 bits per heavy atom. The molecule has 0 radical (unpaired) electrons. The number of phenols is 1. The van der Waals surface area contributed by atoms with Crippen molar-refractivity contribution in [1.29, 1.82) is 0 Å². The molecule has 2 aromatic carbocycles. The van der Waals surface area contributed by atoms with E-state index in [2.05, 4.69) is 10.6 Å². The normalized spacial score (nSPS) is 11.3. The fourth-order valence-electron chi connectivity index (χ4n) is 2.13. The van der Waals surface area contributed by atoms with Crippen molar-refractivity contribution in [3.63, 3.8) is 0 Å². The molecule has 120 valence electrons. The van der Waals surface area contributed by atoms with Crippen molar-refractivity contribution in [3.8, 4) is 5.75 Å². The van der Waals surface area contributed by atoms with Gasteiger partial charge in [0, 0.05) is 22.9 Å². The summed E-state index contributed by atoms with van der Waals surface area (Å²) in [6.07, 6.45) is 1.99. The minimum Gasteiger partial charge on any atom is -0.507 e. The fraction of sp³-hybridized carbons (Fsp3) is 0.176. The Labute approximate surface area is 133 Å². The average molecular weight is 314 g/mol. The predicted octanol–water partition coefficient (Wildman–Crippen LogP) is 3.09. The van der Waals surface area contributed by atoms with E-state index in [1.54, 1.807) is 36.4 Å². The monoisotopic (exact) mass is 314 g/mol. The zero-order chi connectivity index (χ0) is 16.8. The number of phenolic OH excluding ortho intramolecular Hbond substituents is 1. The summed E-state index contributed by atoms with van der Waals surface area (Å²) in [4.78, 5) is 22.5. The molecule has 0 spiro atoms. The molecule has 0 saturated carbocycles. The van der Waals surface area contributed by atoms with Crippen LogP contribution in [0, 0.1) is 0 Å². The minimum absolute atomic E-state index is 0.154. The predicted molar refractivity (Wildman–Crippen MR) is 88.6 cm³/mol. The van der Waals surface area contributed by atoms with Crippen molar-refractivity contribution in [2.45, 2.75) is 13.3 Å². The van der Waals surface area contributed by atoms with Crippen LogP contribution in [0.5, 0.6) is 5.75 Å². The summed E-state index contributed by atoms with van der Waals surface area (Å²) < 4.78 is 0. The van der Waals surface area contributed by atoms with Crippen molar-refractivity contribution in [3.05, 3.63) is 48.0 Å². The van der Waals surface area contributed by atoms with Crippen molar-refractivity contribution in [2.75, 3.05) is 11.9 Å². The van der Waals surface area contributed by atoms with E-state index < -0.39 is 5.97 Å². The Balaban J connectivity index is 1.97. The van der Waals surface area contributed by atoms with Gasteiger partial charge in [0.2, 0.25) is 0 Å². The number of amides is 2. The maximum atomic E-state index is 11.9. The summed E-state index contributed by atoms with van der Waals surface area (Å²) in [6.45, 7) is 1.83. The number of carboxylic acid groups (broad SMARTS) is 1. The highest BCUT2D eigenvalue weighted by molar-refractivity contribution is 6.03. The number of urea groups is 1. The molecule has 2 rings (SSSR count). The summed E-state index contributed by atoms with van der Waals surface area (Å²) in [5, 5.41) is 25.3. The second-order valence-electron chi connectivity index (χ2n) is 5.04. The third-order valence-electron chi connectivity index (χ3n) is 3.37. The minimum atomic E-state index is -0.968. The lowest BCUT2D eigenvalue weighted by Crippen LogP contribution is -2.29. The highest BCUT2D eigenvalue weighted by Crippen LogP contribution is 2.29. The second kappa shape index (κ2) is 7.31. The van der Waals surface area contributed by atoms with E-state index in [0.717, 1.165) is 5.39 Å². The summed E-state index contributed by atoms with van der Waals surface area (Å²) in [6, 6.07) is 9.98. The molecule has 6 heteroatoms. The molecule has 4 N–H and O–H groups in total. The first-order valence-electron chi connectivity index (χ1n) is 7.14. The van der Waals surface area contributed by atoms with Crippen LogP contribution in [-0.2, 0) is 4.79 Å². The van der Waals surface area contributed by atoms with E-state index in [1.807, 2.05) is 6.07 Å². The van der Waals surface area contributed by atoms with Crippen LogP contribution in [0.4, 0.5) is 10.5 Å². The highest BCUT2D eigenvalue weighted by Gasteiger charge is 2.07. The number of carbonyl (C=O) groups is 2. The first-order valence-corrected chi connectivity index (χ1v) is 7.14. The molecular formula is C17H18N2O4. The highest BCUT2D eigenvalue weighted by atomic mass is 16.4. The molecule has 0 atom stereocenters. The second-order valence-corrected chi connectivity index (χ2v) is 5.04. The Morgan fingerprint density at radius 3 is 2.57 bits per heavy atom. The Hall–Kier alpha value is -3.02. The van der Waals surface area contributed by atoms with Gasteiger partial charge < -0.3 is 20.8 Å². The number of rotatable bonds is 5. The summed E-state index contributed by atoms with van der Waals surface area (Å²) in [5.74, 6) is -0.814. The van der Waals surface area contributed by atoms with Gasteiger partial charge in [-0.15, -0.1) is 0 Å². The first-order chi connectivity index (χ1) is 11.0. The van der Waals surface area contributed by atoms with Gasteiger partial charge in [-0.3, -0.25) is 0 Å². The maximum absolute atomic E-state index is 11.9. The number of hydrogen-bond acceptors (Lipinski definition) is 3. The zero-order valence-electron chi connectivity index (χ0n) is 12.7. The lowest BCUT2D eigenvalue weighted by atomic mass is 10.1. The molecule has 6 nitrogen and oxygen atoms in total. The van der Waals surface area contributed by atoms with Gasteiger partial charge in [-0.05, 0) is 25.5 Å². The molecule has 0 aliphatic carbocycles. The third-order valence-corrected chi connectivity index (χ3v) is 3.37. The largest absolute Gasteiger partial charge is 0.507 e. The number of benzene rings is 2. The molecule has 0 saturated heterocycles. The van der Waals surface area contributed by atoms with Gasteiger partial charge >= 0.3 is 12.0 Å². The number of carboxylic acids is 1. The van der Waals surface area contributed by atoms with E-state index in [4.69, 9.17) is 5.11 Å². The molecule has 0 heterocycles. The maximum Gasteiger partial charge on any atom is 0.330 e. The van der Waals surface area contributed by atoms with E-state index in [0.29, 0.717) is 24.0 Å². The van der Waals surface area contributed by atoms with Crippen LogP contribution in [0.25, 0.3) is 10.8 Å². The Morgan fingerprint density at radius 2 is 1.83 bits per heavy atom. The van der Waals surface area contributed by atoms with Crippen molar-refractivity contribution in [1.82, 2.24) is 5.32 Å². The van der Waals surface area contributed by atoms with Crippen molar-refractivity contribution < 1.29 is 19.8 Å². The Bertz CT molecular complexity index is 768. The topological polar surface area (TPSA) is 98.7 Å². The standard InChI is InChI=1S/C17H18N2O4/c1-11(16(21)22)5-4-10-18-17(23)19-14-8-2-7-13-12(14)6-3-9-15(13)20/h2-3,5-9,20H,4,10H2,1H3,(H,21,22)(H2,18,19,23)/b11-5+. The van der Waals surface area contributed by atoms with Crippen LogP contribution in [-0.4, -0.2) is 28.8 Å². The van der Waals surface area contributed by atoms with Gasteiger partial charge in [0.25, 0.3) is 0 Å². The molecule has 0 unspecified atom stereocenters. The number of aromatic hydroxyl groups is 1. The number of fused-ring (bicyclic) bond motifs is 1. The molecule has 0 aliphatic heterocycles. The van der Waals surface area contributed by atoms with Crippen molar-refractivity contribution in [2.24, 2.45) is 0 Å². The average Bonchev–Trinajstić information content (AvgIpc) is 2.52. The van der Waals surface area contributed by atoms with Crippen LogP contribution in [0.15, 0.2) is 48.0 Å². The summed E-state index contributed by atoms with van der Waals surface area (Å²) >= 11 is 0. The number of aliphatic carboxylic acids is 1. The number of hydrogen-bond donors (Lipinski definition) is 4. The number of nitrogens with one attached hydrogen (secondary N) is 2. The van der Waals surface area contributed by atoms with Crippen LogP contribution in [0.2, 0.25) is 0 Å². The molecule has 0 aromatic heterocycles. The van der Waals surface area contributed by atoms with Gasteiger partial charge in [-0.1, -0.05) is 30.3 Å². The summed E-state index contributed by atoms with van der Waals surface area (Å²) in [5.41, 5.74) is 0.838. The van der Waals surface area contributed by atoms with Crippen LogP contribution < -0.4 is 10.6 Å². The van der Waals surface area contributed by atoms with Crippen LogP contribution >= 0.6 is 0 Å². The molecular weight excluding hydrogens is 296 g/mol.